The highest BCUT2D eigenvalue weighted by Crippen LogP contribution is 2.27. The number of anilines is 1. The lowest BCUT2D eigenvalue weighted by Crippen LogP contribution is -2.42. The van der Waals surface area contributed by atoms with Gasteiger partial charge in [-0.15, -0.1) is 0 Å². The molecule has 1 N–H and O–H groups in total. The summed E-state index contributed by atoms with van der Waals surface area (Å²) in [6, 6.07) is 4.94. The second kappa shape index (κ2) is 10.2. The minimum Gasteiger partial charge on any atom is -0.490 e. The van der Waals surface area contributed by atoms with Gasteiger partial charge in [-0.3, -0.25) is 4.79 Å². The fourth-order valence-corrected chi connectivity index (χ4v) is 2.42. The Morgan fingerprint density at radius 1 is 1.23 bits per heavy atom. The number of carbonyl (C=O) groups is 2. The summed E-state index contributed by atoms with van der Waals surface area (Å²) in [5.41, 5.74) is -0.146. The predicted molar refractivity (Wildman–Crippen MR) is 102 cm³/mol. The molecule has 0 radical (unpaired) electrons. The standard InChI is InChI=1S/C20H31NO5/c1-7-9-12-20(5,24-6)19(23)21-15-10-11-17(26-14(3)4)16(13-15)18(22)25-8-2/h10-11,13-14H,7-9,12H2,1-6H3,(H,21,23). The zero-order chi connectivity index (χ0) is 19.7. The molecular weight excluding hydrogens is 334 g/mol. The van der Waals surface area contributed by atoms with Crippen molar-refractivity contribution in [1.29, 1.82) is 0 Å². The van der Waals surface area contributed by atoms with Crippen LogP contribution in [-0.2, 0) is 14.3 Å². The molecule has 1 atom stereocenters. The van der Waals surface area contributed by atoms with Gasteiger partial charge in [0.05, 0.1) is 12.7 Å². The van der Waals surface area contributed by atoms with Gasteiger partial charge in [-0.05, 0) is 52.3 Å². The molecule has 1 amide bonds. The molecule has 1 rings (SSSR count). The molecular formula is C20H31NO5. The summed E-state index contributed by atoms with van der Waals surface area (Å²) in [7, 11) is 1.53. The van der Waals surface area contributed by atoms with E-state index in [0.717, 1.165) is 12.8 Å². The van der Waals surface area contributed by atoms with Gasteiger partial charge in [0.1, 0.15) is 16.9 Å². The Kier molecular flexibility index (Phi) is 8.58. The van der Waals surface area contributed by atoms with E-state index in [4.69, 9.17) is 14.2 Å². The molecule has 1 aromatic carbocycles. The number of rotatable bonds is 10. The number of nitrogens with one attached hydrogen (secondary N) is 1. The predicted octanol–water partition coefficient (Wildman–Crippen LogP) is 4.18. The first-order valence-electron chi connectivity index (χ1n) is 9.11. The Balaban J connectivity index is 3.07. The second-order valence-corrected chi connectivity index (χ2v) is 6.59. The van der Waals surface area contributed by atoms with E-state index >= 15 is 0 Å². The van der Waals surface area contributed by atoms with Crippen LogP contribution in [0.15, 0.2) is 18.2 Å². The lowest BCUT2D eigenvalue weighted by molar-refractivity contribution is -0.136. The summed E-state index contributed by atoms with van der Waals surface area (Å²) in [5.74, 6) is -0.308. The summed E-state index contributed by atoms with van der Waals surface area (Å²) < 4.78 is 16.2. The van der Waals surface area contributed by atoms with Gasteiger partial charge >= 0.3 is 5.97 Å². The molecule has 0 aliphatic carbocycles. The van der Waals surface area contributed by atoms with Crippen molar-refractivity contribution in [2.24, 2.45) is 0 Å². The van der Waals surface area contributed by atoms with Crippen molar-refractivity contribution in [1.82, 2.24) is 0 Å². The molecule has 0 fully saturated rings. The average molecular weight is 365 g/mol. The summed E-state index contributed by atoms with van der Waals surface area (Å²) in [6.45, 7) is 9.58. The Morgan fingerprint density at radius 2 is 1.92 bits per heavy atom. The number of hydrogen-bond donors (Lipinski definition) is 1. The van der Waals surface area contributed by atoms with Gasteiger partial charge in [0.2, 0.25) is 0 Å². The summed E-state index contributed by atoms with van der Waals surface area (Å²) in [4.78, 5) is 24.9. The first-order valence-corrected chi connectivity index (χ1v) is 9.11. The minimum atomic E-state index is -0.923. The van der Waals surface area contributed by atoms with Crippen molar-refractivity contribution >= 4 is 17.6 Å². The van der Waals surface area contributed by atoms with Crippen LogP contribution in [0.5, 0.6) is 5.75 Å². The number of unbranched alkanes of at least 4 members (excludes halogenated alkanes) is 1. The lowest BCUT2D eigenvalue weighted by Gasteiger charge is -2.27. The Morgan fingerprint density at radius 3 is 2.46 bits per heavy atom. The van der Waals surface area contributed by atoms with Gasteiger partial charge < -0.3 is 19.5 Å². The van der Waals surface area contributed by atoms with Crippen LogP contribution in [0.3, 0.4) is 0 Å². The van der Waals surface area contributed by atoms with E-state index in [1.807, 2.05) is 13.8 Å². The summed E-state index contributed by atoms with van der Waals surface area (Å²) in [5, 5.41) is 2.83. The Bertz CT molecular complexity index is 614. The first kappa shape index (κ1) is 22.0. The third kappa shape index (κ3) is 6.02. The Labute approximate surface area is 156 Å². The first-order chi connectivity index (χ1) is 12.3. The SMILES string of the molecule is CCCCC(C)(OC)C(=O)Nc1ccc(OC(C)C)c(C(=O)OCC)c1. The second-order valence-electron chi connectivity index (χ2n) is 6.59. The van der Waals surface area contributed by atoms with Gasteiger partial charge in [-0.2, -0.15) is 0 Å². The van der Waals surface area contributed by atoms with Crippen molar-refractivity contribution in [3.05, 3.63) is 23.8 Å². The van der Waals surface area contributed by atoms with Gasteiger partial charge in [0, 0.05) is 12.8 Å². The molecule has 0 aromatic heterocycles. The lowest BCUT2D eigenvalue weighted by atomic mass is 9.97. The van der Waals surface area contributed by atoms with Crippen molar-refractivity contribution in [3.63, 3.8) is 0 Å². The van der Waals surface area contributed by atoms with Crippen LogP contribution in [0, 0.1) is 0 Å². The number of esters is 1. The zero-order valence-corrected chi connectivity index (χ0v) is 16.7. The van der Waals surface area contributed by atoms with E-state index in [9.17, 15) is 9.59 Å². The highest BCUT2D eigenvalue weighted by molar-refractivity contribution is 5.99. The number of ether oxygens (including phenoxy) is 3. The zero-order valence-electron chi connectivity index (χ0n) is 16.7. The molecule has 0 aliphatic heterocycles. The highest BCUT2D eigenvalue weighted by atomic mass is 16.5. The maximum absolute atomic E-state index is 12.7. The molecule has 26 heavy (non-hydrogen) atoms. The monoisotopic (exact) mass is 365 g/mol. The van der Waals surface area contributed by atoms with Crippen LogP contribution < -0.4 is 10.1 Å². The molecule has 1 unspecified atom stereocenters. The molecule has 1 aromatic rings. The van der Waals surface area contributed by atoms with E-state index < -0.39 is 11.6 Å². The fraction of sp³-hybridized carbons (Fsp3) is 0.600. The number of hydrogen-bond acceptors (Lipinski definition) is 5. The smallest absolute Gasteiger partial charge is 0.341 e. The van der Waals surface area contributed by atoms with Crippen molar-refractivity contribution in [3.8, 4) is 5.75 Å². The van der Waals surface area contributed by atoms with Crippen LogP contribution in [0.25, 0.3) is 0 Å². The number of carbonyl (C=O) groups excluding carboxylic acids is 2. The topological polar surface area (TPSA) is 73.9 Å². The van der Waals surface area contributed by atoms with Crippen LogP contribution in [0.1, 0.15) is 64.2 Å². The third-order valence-corrected chi connectivity index (χ3v) is 4.03. The van der Waals surface area contributed by atoms with Gasteiger partial charge in [0.25, 0.3) is 5.91 Å². The summed E-state index contributed by atoms with van der Waals surface area (Å²) in [6.07, 6.45) is 2.38. The van der Waals surface area contributed by atoms with Crippen LogP contribution in [-0.4, -0.2) is 37.3 Å². The molecule has 6 heteroatoms. The van der Waals surface area contributed by atoms with Gasteiger partial charge in [0.15, 0.2) is 0 Å². The van der Waals surface area contributed by atoms with E-state index in [-0.39, 0.29) is 24.2 Å². The maximum atomic E-state index is 12.7. The van der Waals surface area contributed by atoms with E-state index in [2.05, 4.69) is 12.2 Å². The number of benzene rings is 1. The highest BCUT2D eigenvalue weighted by Gasteiger charge is 2.32. The minimum absolute atomic E-state index is 0.0885. The summed E-state index contributed by atoms with van der Waals surface area (Å²) >= 11 is 0. The van der Waals surface area contributed by atoms with Crippen molar-refractivity contribution in [2.45, 2.75) is 65.6 Å². The largest absolute Gasteiger partial charge is 0.490 e. The Hall–Kier alpha value is -2.08. The number of methoxy groups -OCH3 is 1. The van der Waals surface area contributed by atoms with Gasteiger partial charge in [-0.1, -0.05) is 19.8 Å². The quantitative estimate of drug-likeness (QED) is 0.630. The fourth-order valence-electron chi connectivity index (χ4n) is 2.42. The van der Waals surface area contributed by atoms with E-state index in [1.165, 1.54) is 7.11 Å². The van der Waals surface area contributed by atoms with Gasteiger partial charge in [-0.25, -0.2) is 4.79 Å². The van der Waals surface area contributed by atoms with Crippen molar-refractivity contribution in [2.75, 3.05) is 19.0 Å². The van der Waals surface area contributed by atoms with E-state index in [1.54, 1.807) is 32.0 Å². The molecule has 0 heterocycles. The molecule has 0 aliphatic rings. The van der Waals surface area contributed by atoms with Crippen molar-refractivity contribution < 1.29 is 23.8 Å². The normalized spacial score (nSPS) is 13.2. The molecule has 0 spiro atoms. The third-order valence-electron chi connectivity index (χ3n) is 4.03. The van der Waals surface area contributed by atoms with Crippen LogP contribution in [0.2, 0.25) is 0 Å². The van der Waals surface area contributed by atoms with Crippen LogP contribution in [0.4, 0.5) is 5.69 Å². The molecule has 0 saturated heterocycles. The molecule has 0 saturated carbocycles. The molecule has 0 bridgehead atoms. The van der Waals surface area contributed by atoms with E-state index in [0.29, 0.717) is 17.9 Å². The van der Waals surface area contributed by atoms with Crippen LogP contribution >= 0.6 is 0 Å². The molecule has 6 nitrogen and oxygen atoms in total. The molecule has 146 valence electrons. The number of amides is 1. The maximum Gasteiger partial charge on any atom is 0.341 e. The average Bonchev–Trinajstić information content (AvgIpc) is 2.60.